The Labute approximate surface area is 121 Å². The number of methoxy groups -OCH3 is 1. The summed E-state index contributed by atoms with van der Waals surface area (Å²) in [6.07, 6.45) is -0.0266. The van der Waals surface area contributed by atoms with Crippen LogP contribution in [0.4, 0.5) is 13.2 Å². The molecule has 0 radical (unpaired) electrons. The lowest BCUT2D eigenvalue weighted by molar-refractivity contribution is -0.138. The quantitative estimate of drug-likeness (QED) is 0.897. The van der Waals surface area contributed by atoms with Crippen LogP contribution in [0.25, 0.3) is 0 Å². The Morgan fingerprint density at radius 1 is 1.24 bits per heavy atom. The van der Waals surface area contributed by atoms with Crippen LogP contribution in [0.1, 0.15) is 43.2 Å². The fourth-order valence-electron chi connectivity index (χ4n) is 3.24. The second-order valence-electron chi connectivity index (χ2n) is 5.59. The van der Waals surface area contributed by atoms with Gasteiger partial charge < -0.3 is 15.6 Å². The maximum absolute atomic E-state index is 13.0. The third-order valence-corrected chi connectivity index (χ3v) is 4.41. The molecule has 1 aliphatic carbocycles. The molecule has 1 aromatic carbocycles. The summed E-state index contributed by atoms with van der Waals surface area (Å²) in [4.78, 5) is 0. The van der Waals surface area contributed by atoms with Gasteiger partial charge in [-0.2, -0.15) is 13.2 Å². The van der Waals surface area contributed by atoms with Gasteiger partial charge in [0.25, 0.3) is 0 Å². The summed E-state index contributed by atoms with van der Waals surface area (Å²) in [6.45, 7) is 0.301. The SMILES string of the molecule is COc1c(C(F)(F)F)ccc(C2(CN)CCCCC2)c1O. The Morgan fingerprint density at radius 2 is 1.86 bits per heavy atom. The van der Waals surface area contributed by atoms with Crippen molar-refractivity contribution in [1.82, 2.24) is 0 Å². The van der Waals surface area contributed by atoms with Gasteiger partial charge in [0.1, 0.15) is 5.56 Å². The molecular formula is C15H20F3NO2. The molecule has 0 aliphatic heterocycles. The molecule has 0 atom stereocenters. The molecule has 1 fully saturated rings. The first-order chi connectivity index (χ1) is 9.85. The van der Waals surface area contributed by atoms with E-state index in [1.54, 1.807) is 0 Å². The minimum Gasteiger partial charge on any atom is -0.504 e. The van der Waals surface area contributed by atoms with Crippen molar-refractivity contribution in [2.75, 3.05) is 13.7 Å². The van der Waals surface area contributed by atoms with E-state index >= 15 is 0 Å². The lowest BCUT2D eigenvalue weighted by atomic mass is 9.69. The predicted octanol–water partition coefficient (Wildman–Crippen LogP) is 3.58. The normalized spacial score (nSPS) is 18.5. The number of phenols is 1. The van der Waals surface area contributed by atoms with Gasteiger partial charge in [-0.15, -0.1) is 0 Å². The van der Waals surface area contributed by atoms with Crippen molar-refractivity contribution in [3.05, 3.63) is 23.3 Å². The zero-order valence-electron chi connectivity index (χ0n) is 12.0. The number of hydrogen-bond donors (Lipinski definition) is 2. The van der Waals surface area contributed by atoms with Gasteiger partial charge in [0.05, 0.1) is 7.11 Å². The molecule has 0 heterocycles. The van der Waals surface area contributed by atoms with Crippen LogP contribution in [0.3, 0.4) is 0 Å². The number of benzene rings is 1. The molecule has 1 aromatic rings. The first kappa shape index (κ1) is 15.9. The van der Waals surface area contributed by atoms with Crippen LogP contribution in [0.15, 0.2) is 12.1 Å². The van der Waals surface area contributed by atoms with Gasteiger partial charge >= 0.3 is 6.18 Å². The Balaban J connectivity index is 2.55. The molecule has 2 rings (SSSR count). The van der Waals surface area contributed by atoms with Gasteiger partial charge in [0.2, 0.25) is 0 Å². The molecule has 0 bridgehead atoms. The molecule has 0 amide bonds. The largest absolute Gasteiger partial charge is 0.504 e. The van der Waals surface area contributed by atoms with E-state index in [1.165, 1.54) is 6.07 Å². The fraction of sp³-hybridized carbons (Fsp3) is 0.600. The molecule has 0 unspecified atom stereocenters. The average molecular weight is 303 g/mol. The Kier molecular flexibility index (Phi) is 4.37. The summed E-state index contributed by atoms with van der Waals surface area (Å²) >= 11 is 0. The maximum atomic E-state index is 13.0. The van der Waals surface area contributed by atoms with Crippen molar-refractivity contribution in [2.45, 2.75) is 43.7 Å². The number of hydrogen-bond acceptors (Lipinski definition) is 3. The first-order valence-corrected chi connectivity index (χ1v) is 7.03. The van der Waals surface area contributed by atoms with Crippen LogP contribution in [0.2, 0.25) is 0 Å². The first-order valence-electron chi connectivity index (χ1n) is 7.03. The second-order valence-corrected chi connectivity index (χ2v) is 5.59. The molecule has 118 valence electrons. The van der Waals surface area contributed by atoms with Gasteiger partial charge in [0.15, 0.2) is 11.5 Å². The number of halogens is 3. The number of nitrogens with two attached hydrogens (primary N) is 1. The van der Waals surface area contributed by atoms with E-state index in [4.69, 9.17) is 10.5 Å². The van der Waals surface area contributed by atoms with E-state index in [2.05, 4.69) is 0 Å². The highest BCUT2D eigenvalue weighted by Crippen LogP contribution is 2.49. The highest BCUT2D eigenvalue weighted by Gasteiger charge is 2.40. The van der Waals surface area contributed by atoms with Crippen molar-refractivity contribution < 1.29 is 23.0 Å². The van der Waals surface area contributed by atoms with Gasteiger partial charge in [-0.25, -0.2) is 0 Å². The molecule has 0 aromatic heterocycles. The number of ether oxygens (including phenoxy) is 1. The zero-order chi connectivity index (χ0) is 15.7. The minimum atomic E-state index is -4.57. The zero-order valence-corrected chi connectivity index (χ0v) is 12.0. The third-order valence-electron chi connectivity index (χ3n) is 4.41. The molecule has 0 spiro atoms. The van der Waals surface area contributed by atoms with Crippen LogP contribution in [0, 0.1) is 0 Å². The molecule has 3 N–H and O–H groups in total. The number of aromatic hydroxyl groups is 1. The number of alkyl halides is 3. The number of rotatable bonds is 3. The highest BCUT2D eigenvalue weighted by atomic mass is 19.4. The van der Waals surface area contributed by atoms with E-state index < -0.39 is 28.7 Å². The molecule has 1 aliphatic rings. The van der Waals surface area contributed by atoms with E-state index in [0.717, 1.165) is 45.3 Å². The van der Waals surface area contributed by atoms with Crippen LogP contribution >= 0.6 is 0 Å². The van der Waals surface area contributed by atoms with Crippen molar-refractivity contribution >= 4 is 0 Å². The van der Waals surface area contributed by atoms with Gasteiger partial charge in [-0.1, -0.05) is 25.3 Å². The lowest BCUT2D eigenvalue weighted by Gasteiger charge is -2.37. The topological polar surface area (TPSA) is 55.5 Å². The van der Waals surface area contributed by atoms with E-state index in [0.29, 0.717) is 12.1 Å². The lowest BCUT2D eigenvalue weighted by Crippen LogP contribution is -2.37. The van der Waals surface area contributed by atoms with E-state index in [1.807, 2.05) is 0 Å². The second kappa shape index (κ2) is 5.75. The van der Waals surface area contributed by atoms with Crippen LogP contribution in [-0.4, -0.2) is 18.8 Å². The van der Waals surface area contributed by atoms with Gasteiger partial charge in [-0.05, 0) is 18.9 Å². The molecule has 21 heavy (non-hydrogen) atoms. The standard InChI is InChI=1S/C15H20F3NO2/c1-21-13-11(15(16,17)18)6-5-10(12(13)20)14(9-19)7-3-2-4-8-14/h5-6,20H,2-4,7-9,19H2,1H3. The summed E-state index contributed by atoms with van der Waals surface area (Å²) in [6, 6.07) is 2.32. The van der Waals surface area contributed by atoms with Crippen LogP contribution in [-0.2, 0) is 11.6 Å². The number of phenolic OH excluding ortho intramolecular Hbond substituents is 1. The van der Waals surface area contributed by atoms with Crippen LogP contribution < -0.4 is 10.5 Å². The maximum Gasteiger partial charge on any atom is 0.420 e. The van der Waals surface area contributed by atoms with Crippen LogP contribution in [0.5, 0.6) is 11.5 Å². The predicted molar refractivity (Wildman–Crippen MR) is 73.5 cm³/mol. The summed E-state index contributed by atoms with van der Waals surface area (Å²) in [5.74, 6) is -0.946. The van der Waals surface area contributed by atoms with Crippen molar-refractivity contribution in [3.8, 4) is 11.5 Å². The van der Waals surface area contributed by atoms with Crippen molar-refractivity contribution in [1.29, 1.82) is 0 Å². The average Bonchev–Trinajstić information content (AvgIpc) is 2.46. The molecule has 0 saturated heterocycles. The van der Waals surface area contributed by atoms with Gasteiger partial charge in [-0.3, -0.25) is 0 Å². The highest BCUT2D eigenvalue weighted by molar-refractivity contribution is 5.55. The molecule has 3 nitrogen and oxygen atoms in total. The summed E-state index contributed by atoms with van der Waals surface area (Å²) < 4.78 is 43.7. The summed E-state index contributed by atoms with van der Waals surface area (Å²) in [5.41, 5.74) is 4.93. The third kappa shape index (κ3) is 2.81. The molecular weight excluding hydrogens is 283 g/mol. The Morgan fingerprint density at radius 3 is 2.33 bits per heavy atom. The summed E-state index contributed by atoms with van der Waals surface area (Å²) in [7, 11) is 1.13. The van der Waals surface area contributed by atoms with E-state index in [-0.39, 0.29) is 0 Å². The Bertz CT molecular complexity index is 508. The van der Waals surface area contributed by atoms with Gasteiger partial charge in [0, 0.05) is 17.5 Å². The van der Waals surface area contributed by atoms with E-state index in [9.17, 15) is 18.3 Å². The molecule has 6 heteroatoms. The summed E-state index contributed by atoms with van der Waals surface area (Å²) in [5, 5.41) is 10.3. The Hall–Kier alpha value is -1.43. The van der Waals surface area contributed by atoms with Crippen molar-refractivity contribution in [3.63, 3.8) is 0 Å². The molecule has 1 saturated carbocycles. The fourth-order valence-corrected chi connectivity index (χ4v) is 3.24. The smallest absolute Gasteiger partial charge is 0.420 e. The minimum absolute atomic E-state index is 0.301. The monoisotopic (exact) mass is 303 g/mol. The van der Waals surface area contributed by atoms with Crippen molar-refractivity contribution in [2.24, 2.45) is 5.73 Å².